The number of ether oxygens (including phenoxy) is 1. The zero-order chi connectivity index (χ0) is 27.7. The Kier molecular flexibility index (Phi) is 7.83. The van der Waals surface area contributed by atoms with Gasteiger partial charge in [-0.3, -0.25) is 14.5 Å². The molecule has 1 N–H and O–H groups in total. The molecule has 0 aromatic heterocycles. The molecule has 0 spiro atoms. The molecule has 0 saturated carbocycles. The molecule has 1 saturated heterocycles. The van der Waals surface area contributed by atoms with Gasteiger partial charge in [-0.25, -0.2) is 0 Å². The molecule has 0 aliphatic carbocycles. The summed E-state index contributed by atoms with van der Waals surface area (Å²) in [6, 6.07) is 16.1. The number of methoxy groups -OCH3 is 1. The minimum absolute atomic E-state index is 0.00877. The van der Waals surface area contributed by atoms with E-state index < -0.39 is 17.7 Å². The molecule has 6 nitrogen and oxygen atoms in total. The van der Waals surface area contributed by atoms with E-state index in [1.54, 1.807) is 12.1 Å². The second kappa shape index (κ2) is 10.9. The third kappa shape index (κ3) is 4.76. The molecular weight excluding hydrogens is 500 g/mol. The van der Waals surface area contributed by atoms with E-state index in [4.69, 9.17) is 16.3 Å². The van der Waals surface area contributed by atoms with E-state index in [9.17, 15) is 14.7 Å². The summed E-state index contributed by atoms with van der Waals surface area (Å²) in [5.41, 5.74) is 5.29. The Hall–Kier alpha value is -3.77. The predicted octanol–water partition coefficient (Wildman–Crippen LogP) is 6.75. The fourth-order valence-electron chi connectivity index (χ4n) is 5.19. The van der Waals surface area contributed by atoms with Crippen molar-refractivity contribution in [1.82, 2.24) is 0 Å². The molecule has 38 heavy (non-hydrogen) atoms. The lowest BCUT2D eigenvalue weighted by Crippen LogP contribution is -2.30. The van der Waals surface area contributed by atoms with Crippen LogP contribution >= 0.6 is 11.6 Å². The number of aliphatic hydroxyl groups is 1. The average molecular weight is 533 g/mol. The number of carbonyl (C=O) groups excluding carboxylic acids is 2. The lowest BCUT2D eigenvalue weighted by Gasteiger charge is -2.28. The van der Waals surface area contributed by atoms with Gasteiger partial charge in [-0.1, -0.05) is 41.4 Å². The van der Waals surface area contributed by atoms with E-state index in [-0.39, 0.29) is 22.6 Å². The van der Waals surface area contributed by atoms with Gasteiger partial charge in [0.15, 0.2) is 0 Å². The highest BCUT2D eigenvalue weighted by Crippen LogP contribution is 2.45. The maximum absolute atomic E-state index is 13.6. The largest absolute Gasteiger partial charge is 0.507 e. The van der Waals surface area contributed by atoms with Crippen molar-refractivity contribution in [3.63, 3.8) is 0 Å². The van der Waals surface area contributed by atoms with Crippen molar-refractivity contribution in [1.29, 1.82) is 0 Å². The van der Waals surface area contributed by atoms with Crippen LogP contribution in [-0.2, 0) is 9.59 Å². The molecular formula is C31H33ClN2O4. The standard InChI is InChI=1S/C31H33ClN2O4/c1-7-33(8-2)22-12-10-21(11-13-22)27-26(28(35)23-16-19(4)17-24(32)30(23)38-6)29(36)31(37)34(27)25-14-9-18(3)15-20(25)5/h9-17,27,35H,7-8H2,1-6H3/b28-26+. The number of carbonyl (C=O) groups is 2. The van der Waals surface area contributed by atoms with Gasteiger partial charge in [-0.2, -0.15) is 0 Å². The first kappa shape index (κ1) is 27.3. The van der Waals surface area contributed by atoms with Gasteiger partial charge in [0.2, 0.25) is 0 Å². The first-order valence-corrected chi connectivity index (χ1v) is 13.1. The van der Waals surface area contributed by atoms with Gasteiger partial charge in [0.05, 0.1) is 29.3 Å². The summed E-state index contributed by atoms with van der Waals surface area (Å²) in [6.45, 7) is 11.6. The molecule has 198 valence electrons. The zero-order valence-corrected chi connectivity index (χ0v) is 23.4. The summed E-state index contributed by atoms with van der Waals surface area (Å²) in [7, 11) is 1.45. The molecule has 1 amide bonds. The van der Waals surface area contributed by atoms with E-state index in [1.807, 2.05) is 63.2 Å². The van der Waals surface area contributed by atoms with Crippen LogP contribution in [0.4, 0.5) is 11.4 Å². The van der Waals surface area contributed by atoms with Crippen molar-refractivity contribution in [3.8, 4) is 5.75 Å². The van der Waals surface area contributed by atoms with Crippen LogP contribution in [-0.4, -0.2) is 37.0 Å². The zero-order valence-electron chi connectivity index (χ0n) is 22.6. The Labute approximate surface area is 229 Å². The molecule has 1 atom stereocenters. The number of anilines is 2. The molecule has 1 heterocycles. The number of halogens is 1. The number of hydrogen-bond acceptors (Lipinski definition) is 5. The summed E-state index contributed by atoms with van der Waals surface area (Å²) < 4.78 is 5.48. The maximum atomic E-state index is 13.6. The van der Waals surface area contributed by atoms with Crippen LogP contribution in [0.5, 0.6) is 5.75 Å². The molecule has 1 fully saturated rings. The molecule has 4 rings (SSSR count). The van der Waals surface area contributed by atoms with E-state index >= 15 is 0 Å². The van der Waals surface area contributed by atoms with Crippen LogP contribution in [0.3, 0.4) is 0 Å². The van der Waals surface area contributed by atoms with E-state index in [0.29, 0.717) is 16.3 Å². The average Bonchev–Trinajstić information content (AvgIpc) is 3.14. The predicted molar refractivity (Wildman–Crippen MR) is 153 cm³/mol. The quantitative estimate of drug-likeness (QED) is 0.207. The molecule has 3 aromatic carbocycles. The van der Waals surface area contributed by atoms with Crippen LogP contribution < -0.4 is 14.5 Å². The monoisotopic (exact) mass is 532 g/mol. The fourth-order valence-corrected chi connectivity index (χ4v) is 5.54. The van der Waals surface area contributed by atoms with E-state index in [0.717, 1.165) is 35.5 Å². The SMILES string of the molecule is CCN(CC)c1ccc(C2/C(=C(\O)c3cc(C)cc(Cl)c3OC)C(=O)C(=O)N2c2ccc(C)cc2C)cc1. The van der Waals surface area contributed by atoms with Crippen molar-refractivity contribution in [2.24, 2.45) is 0 Å². The second-order valence-electron chi connectivity index (χ2n) is 9.55. The number of nitrogens with zero attached hydrogens (tertiary/aromatic N) is 2. The third-order valence-electron chi connectivity index (χ3n) is 7.04. The Morgan fingerprint density at radius 1 is 0.974 bits per heavy atom. The summed E-state index contributed by atoms with van der Waals surface area (Å²) >= 11 is 6.41. The third-order valence-corrected chi connectivity index (χ3v) is 7.32. The van der Waals surface area contributed by atoms with Crippen LogP contribution in [0.1, 0.15) is 47.7 Å². The molecule has 1 aliphatic rings. The minimum atomic E-state index is -0.842. The van der Waals surface area contributed by atoms with Crippen molar-refractivity contribution in [3.05, 3.63) is 93.0 Å². The van der Waals surface area contributed by atoms with Crippen molar-refractivity contribution >= 4 is 40.4 Å². The topological polar surface area (TPSA) is 70.1 Å². The summed E-state index contributed by atoms with van der Waals surface area (Å²) in [4.78, 5) is 30.9. The minimum Gasteiger partial charge on any atom is -0.507 e. The van der Waals surface area contributed by atoms with E-state index in [1.165, 1.54) is 12.0 Å². The summed E-state index contributed by atoms with van der Waals surface area (Å²) in [5.74, 6) is -1.55. The van der Waals surface area contributed by atoms with Gasteiger partial charge < -0.3 is 14.7 Å². The van der Waals surface area contributed by atoms with Gasteiger partial charge in [-0.15, -0.1) is 0 Å². The number of aliphatic hydroxyl groups excluding tert-OH is 1. The Bertz CT molecular complexity index is 1420. The number of benzene rings is 3. The second-order valence-corrected chi connectivity index (χ2v) is 9.96. The lowest BCUT2D eigenvalue weighted by atomic mass is 9.94. The first-order valence-electron chi connectivity index (χ1n) is 12.7. The Morgan fingerprint density at radius 3 is 2.21 bits per heavy atom. The smallest absolute Gasteiger partial charge is 0.300 e. The van der Waals surface area contributed by atoms with Gasteiger partial charge in [0, 0.05) is 24.5 Å². The van der Waals surface area contributed by atoms with Gasteiger partial charge in [0.25, 0.3) is 11.7 Å². The number of amides is 1. The molecule has 1 aliphatic heterocycles. The molecule has 0 radical (unpaired) electrons. The number of rotatable bonds is 7. The highest BCUT2D eigenvalue weighted by Gasteiger charge is 2.47. The van der Waals surface area contributed by atoms with Crippen molar-refractivity contribution in [2.75, 3.05) is 30.0 Å². The van der Waals surface area contributed by atoms with Crippen molar-refractivity contribution in [2.45, 2.75) is 40.7 Å². The lowest BCUT2D eigenvalue weighted by molar-refractivity contribution is -0.132. The number of ketones is 1. The van der Waals surface area contributed by atoms with Crippen LogP contribution in [0.2, 0.25) is 5.02 Å². The first-order chi connectivity index (χ1) is 18.1. The van der Waals surface area contributed by atoms with Crippen molar-refractivity contribution < 1.29 is 19.4 Å². The molecule has 0 bridgehead atoms. The highest BCUT2D eigenvalue weighted by atomic mass is 35.5. The number of Topliss-reactive ketones (excluding diaryl/α,β-unsaturated/α-hetero) is 1. The number of hydrogen-bond donors (Lipinski definition) is 1. The normalized spacial score (nSPS) is 16.7. The highest BCUT2D eigenvalue weighted by molar-refractivity contribution is 6.52. The Balaban J connectivity index is 1.99. The summed E-state index contributed by atoms with van der Waals surface area (Å²) in [5, 5.41) is 11.9. The van der Waals surface area contributed by atoms with Gasteiger partial charge in [0.1, 0.15) is 11.5 Å². The molecule has 7 heteroatoms. The Morgan fingerprint density at radius 2 is 1.63 bits per heavy atom. The van der Waals surface area contributed by atoms with Crippen LogP contribution in [0.25, 0.3) is 5.76 Å². The number of aryl methyl sites for hydroxylation is 3. The fraction of sp³-hybridized carbons (Fsp3) is 0.290. The van der Waals surface area contributed by atoms with Crippen LogP contribution in [0, 0.1) is 20.8 Å². The molecule has 3 aromatic rings. The van der Waals surface area contributed by atoms with Crippen LogP contribution in [0.15, 0.2) is 60.2 Å². The maximum Gasteiger partial charge on any atom is 0.300 e. The molecule has 1 unspecified atom stereocenters. The van der Waals surface area contributed by atoms with E-state index in [2.05, 4.69) is 18.7 Å². The van der Waals surface area contributed by atoms with Gasteiger partial charge >= 0.3 is 0 Å². The van der Waals surface area contributed by atoms with Gasteiger partial charge in [-0.05, 0) is 81.6 Å². The summed E-state index contributed by atoms with van der Waals surface area (Å²) in [6.07, 6.45) is 0.